The summed E-state index contributed by atoms with van der Waals surface area (Å²) < 4.78 is 0. The zero-order valence-electron chi connectivity index (χ0n) is 9.63. The molecule has 88 valence electrons. The van der Waals surface area contributed by atoms with Gasteiger partial charge in [-0.15, -0.1) is 0 Å². The lowest BCUT2D eigenvalue weighted by Crippen LogP contribution is -2.49. The lowest BCUT2D eigenvalue weighted by Gasteiger charge is -2.30. The Kier molecular flexibility index (Phi) is 1.66. The molecule has 2 N–H and O–H groups in total. The van der Waals surface area contributed by atoms with Crippen molar-refractivity contribution in [2.75, 3.05) is 6.54 Å². The maximum atomic E-state index is 11.7. The SMILES string of the molecule is NC(=O)C1C2=Nc3ccccc3C2=C2C=CN1C2. The molecule has 3 aliphatic heterocycles. The minimum absolute atomic E-state index is 0.343. The van der Waals surface area contributed by atoms with Crippen LogP contribution in [0.2, 0.25) is 0 Å². The largest absolute Gasteiger partial charge is 0.368 e. The van der Waals surface area contributed by atoms with Crippen LogP contribution in [0.4, 0.5) is 5.69 Å². The zero-order valence-corrected chi connectivity index (χ0v) is 9.63. The third-order valence-electron chi connectivity index (χ3n) is 3.67. The van der Waals surface area contributed by atoms with Crippen LogP contribution in [0.5, 0.6) is 0 Å². The third-order valence-corrected chi connectivity index (χ3v) is 3.67. The predicted molar refractivity (Wildman–Crippen MR) is 69.3 cm³/mol. The van der Waals surface area contributed by atoms with Crippen LogP contribution in [0.15, 0.2) is 47.1 Å². The number of carbonyl (C=O) groups excluding carboxylic acids is 1. The first kappa shape index (κ1) is 9.65. The van der Waals surface area contributed by atoms with Crippen LogP contribution in [0.3, 0.4) is 0 Å². The van der Waals surface area contributed by atoms with Gasteiger partial charge in [0.15, 0.2) is 6.04 Å². The second-order valence-electron chi connectivity index (χ2n) is 4.71. The van der Waals surface area contributed by atoms with Crippen LogP contribution in [0.25, 0.3) is 5.57 Å². The molecule has 0 saturated heterocycles. The van der Waals surface area contributed by atoms with Crippen molar-refractivity contribution in [3.8, 4) is 0 Å². The number of carbonyl (C=O) groups is 1. The summed E-state index contributed by atoms with van der Waals surface area (Å²) in [7, 11) is 0. The quantitative estimate of drug-likeness (QED) is 0.798. The summed E-state index contributed by atoms with van der Waals surface area (Å²) in [6.45, 7) is 0.746. The lowest BCUT2D eigenvalue weighted by molar-refractivity contribution is -0.120. The fourth-order valence-electron chi connectivity index (χ4n) is 2.92. The van der Waals surface area contributed by atoms with Crippen molar-refractivity contribution in [1.82, 2.24) is 4.90 Å². The monoisotopic (exact) mass is 237 g/mol. The van der Waals surface area contributed by atoms with E-state index >= 15 is 0 Å². The normalized spacial score (nSPS) is 23.0. The van der Waals surface area contributed by atoms with Gasteiger partial charge in [0, 0.05) is 23.9 Å². The maximum Gasteiger partial charge on any atom is 0.246 e. The topological polar surface area (TPSA) is 58.7 Å². The minimum atomic E-state index is -0.435. The summed E-state index contributed by atoms with van der Waals surface area (Å²) in [5.41, 5.74) is 10.7. The van der Waals surface area contributed by atoms with Gasteiger partial charge in [0.2, 0.25) is 5.91 Å². The molecule has 1 unspecified atom stereocenters. The molecule has 4 rings (SSSR count). The van der Waals surface area contributed by atoms with Crippen LogP contribution < -0.4 is 5.73 Å². The van der Waals surface area contributed by atoms with Crippen molar-refractivity contribution in [2.24, 2.45) is 10.7 Å². The highest BCUT2D eigenvalue weighted by atomic mass is 16.1. The summed E-state index contributed by atoms with van der Waals surface area (Å²) in [5, 5.41) is 0. The fourth-order valence-corrected chi connectivity index (χ4v) is 2.92. The number of fused-ring (bicyclic) bond motifs is 5. The Morgan fingerprint density at radius 3 is 3.06 bits per heavy atom. The summed E-state index contributed by atoms with van der Waals surface area (Å²) >= 11 is 0. The molecule has 18 heavy (non-hydrogen) atoms. The Hall–Kier alpha value is -2.36. The second kappa shape index (κ2) is 3.10. The number of nitrogens with zero attached hydrogens (tertiary/aromatic N) is 2. The van der Waals surface area contributed by atoms with E-state index in [2.05, 4.69) is 11.1 Å². The van der Waals surface area contributed by atoms with Crippen LogP contribution in [0, 0.1) is 0 Å². The smallest absolute Gasteiger partial charge is 0.246 e. The molecule has 0 spiro atoms. The Bertz CT molecular complexity index is 669. The molecule has 1 atom stereocenters. The molecule has 3 heterocycles. The maximum absolute atomic E-state index is 11.7. The van der Waals surface area contributed by atoms with Gasteiger partial charge in [-0.05, 0) is 17.7 Å². The first-order valence-electron chi connectivity index (χ1n) is 5.90. The zero-order chi connectivity index (χ0) is 12.3. The van der Waals surface area contributed by atoms with Crippen molar-refractivity contribution in [3.63, 3.8) is 0 Å². The third kappa shape index (κ3) is 1.05. The van der Waals surface area contributed by atoms with Gasteiger partial charge in [0.05, 0.1) is 11.4 Å². The second-order valence-corrected chi connectivity index (χ2v) is 4.71. The van der Waals surface area contributed by atoms with E-state index in [1.54, 1.807) is 0 Å². The number of aliphatic imine (C=N–C) groups is 1. The summed E-state index contributed by atoms with van der Waals surface area (Å²) in [6.07, 6.45) is 3.98. The highest BCUT2D eigenvalue weighted by Crippen LogP contribution is 2.42. The number of para-hydroxylation sites is 1. The van der Waals surface area contributed by atoms with Crippen molar-refractivity contribution in [2.45, 2.75) is 6.04 Å². The van der Waals surface area contributed by atoms with Gasteiger partial charge in [-0.3, -0.25) is 4.79 Å². The molecule has 4 heteroatoms. The Labute approximate surface area is 104 Å². The fraction of sp³-hybridized carbons (Fsp3) is 0.143. The van der Waals surface area contributed by atoms with Gasteiger partial charge >= 0.3 is 0 Å². The van der Waals surface area contributed by atoms with Gasteiger partial charge < -0.3 is 10.6 Å². The molecule has 3 aliphatic rings. The van der Waals surface area contributed by atoms with Crippen LogP contribution in [0.1, 0.15) is 5.56 Å². The molecule has 1 aromatic carbocycles. The molecule has 1 amide bonds. The van der Waals surface area contributed by atoms with Gasteiger partial charge in [0.1, 0.15) is 0 Å². The average Bonchev–Trinajstić information content (AvgIpc) is 2.91. The molecule has 0 aliphatic carbocycles. The molecular formula is C14H11N3O. The molecule has 0 aromatic heterocycles. The van der Waals surface area contributed by atoms with Crippen LogP contribution in [-0.2, 0) is 4.79 Å². The Morgan fingerprint density at radius 1 is 1.39 bits per heavy atom. The van der Waals surface area contributed by atoms with E-state index in [-0.39, 0.29) is 5.91 Å². The van der Waals surface area contributed by atoms with Crippen molar-refractivity contribution in [1.29, 1.82) is 0 Å². The summed E-state index contributed by atoms with van der Waals surface area (Å²) in [5.74, 6) is -0.343. The van der Waals surface area contributed by atoms with Gasteiger partial charge in [0.25, 0.3) is 0 Å². The average molecular weight is 237 g/mol. The lowest BCUT2D eigenvalue weighted by atomic mass is 9.90. The number of nitrogens with two attached hydrogens (primary N) is 1. The highest BCUT2D eigenvalue weighted by Gasteiger charge is 2.41. The number of hydrogen-bond donors (Lipinski definition) is 1. The van der Waals surface area contributed by atoms with E-state index in [0.29, 0.717) is 0 Å². The minimum Gasteiger partial charge on any atom is -0.368 e. The Balaban J connectivity index is 2.01. The first-order valence-corrected chi connectivity index (χ1v) is 5.90. The van der Waals surface area contributed by atoms with Crippen molar-refractivity contribution >= 4 is 22.9 Å². The molecule has 0 fully saturated rings. The van der Waals surface area contributed by atoms with Gasteiger partial charge in [-0.1, -0.05) is 18.2 Å². The van der Waals surface area contributed by atoms with Crippen molar-refractivity contribution in [3.05, 3.63) is 47.7 Å². The molecule has 4 nitrogen and oxygen atoms in total. The van der Waals surface area contributed by atoms with Crippen LogP contribution >= 0.6 is 0 Å². The number of rotatable bonds is 1. The Morgan fingerprint density at radius 2 is 2.22 bits per heavy atom. The highest BCUT2D eigenvalue weighted by molar-refractivity contribution is 6.37. The summed E-state index contributed by atoms with van der Waals surface area (Å²) in [4.78, 5) is 18.2. The first-order chi connectivity index (χ1) is 8.75. The van der Waals surface area contributed by atoms with E-state index in [1.165, 1.54) is 5.57 Å². The summed E-state index contributed by atoms with van der Waals surface area (Å²) in [6, 6.07) is 7.54. The molecule has 2 bridgehead atoms. The van der Waals surface area contributed by atoms with Gasteiger partial charge in [-0.25, -0.2) is 4.99 Å². The van der Waals surface area contributed by atoms with E-state index < -0.39 is 6.04 Å². The molecule has 1 aromatic rings. The number of benzene rings is 1. The van der Waals surface area contributed by atoms with E-state index in [1.807, 2.05) is 35.4 Å². The van der Waals surface area contributed by atoms with Crippen molar-refractivity contribution < 1.29 is 4.79 Å². The van der Waals surface area contributed by atoms with Gasteiger partial charge in [-0.2, -0.15) is 0 Å². The molecular weight excluding hydrogens is 226 g/mol. The molecule has 0 radical (unpaired) electrons. The number of amides is 1. The van der Waals surface area contributed by atoms with E-state index in [0.717, 1.165) is 29.1 Å². The molecule has 0 saturated carbocycles. The van der Waals surface area contributed by atoms with E-state index in [9.17, 15) is 4.79 Å². The standard InChI is InChI=1S/C14H11N3O/c15-14(18)13-12-11(8-5-6-17(13)7-8)9-3-1-2-4-10(9)16-12/h1-6,13H,7H2,(H2,15,18). The van der Waals surface area contributed by atoms with E-state index in [4.69, 9.17) is 5.73 Å². The predicted octanol–water partition coefficient (Wildman–Crippen LogP) is 1.22. The number of hydrogen-bond acceptors (Lipinski definition) is 3. The number of primary amides is 1. The van der Waals surface area contributed by atoms with Crippen LogP contribution in [-0.4, -0.2) is 29.1 Å².